The molecular weight excluding hydrogens is 376 g/mol. The molecule has 1 fully saturated rings. The molecule has 1 amide bonds. The van der Waals surface area contributed by atoms with Gasteiger partial charge in [-0.2, -0.15) is 9.97 Å². The fourth-order valence-corrected chi connectivity index (χ4v) is 3.35. The topological polar surface area (TPSA) is 158 Å². The van der Waals surface area contributed by atoms with Gasteiger partial charge in [-0.1, -0.05) is 12.8 Å². The molecule has 0 spiro atoms. The van der Waals surface area contributed by atoms with Crippen LogP contribution < -0.4 is 31.6 Å². The quantitative estimate of drug-likeness (QED) is 0.465. The number of ether oxygens (including phenoxy) is 2. The van der Waals surface area contributed by atoms with Crippen LogP contribution in [-0.4, -0.2) is 47.3 Å². The van der Waals surface area contributed by atoms with Gasteiger partial charge in [-0.15, -0.1) is 0 Å². The van der Waals surface area contributed by atoms with Crippen molar-refractivity contribution in [2.75, 3.05) is 24.9 Å². The number of hydrogen-bond acceptors (Lipinski definition) is 9. The fourth-order valence-electron chi connectivity index (χ4n) is 3.35. The van der Waals surface area contributed by atoms with Crippen LogP contribution in [-0.2, 0) is 0 Å². The normalized spacial score (nSPS) is 18.7. The van der Waals surface area contributed by atoms with Crippen LogP contribution in [0.2, 0.25) is 0 Å². The van der Waals surface area contributed by atoms with Crippen molar-refractivity contribution in [1.29, 1.82) is 0 Å². The largest absolute Gasteiger partial charge is 0.497 e. The van der Waals surface area contributed by atoms with Crippen LogP contribution in [0, 0.1) is 0 Å². The van der Waals surface area contributed by atoms with Gasteiger partial charge in [0.1, 0.15) is 17.1 Å². The summed E-state index contributed by atoms with van der Waals surface area (Å²) in [4.78, 5) is 20.2. The highest BCUT2D eigenvalue weighted by molar-refractivity contribution is 6.00. The highest BCUT2D eigenvalue weighted by Gasteiger charge is 2.25. The van der Waals surface area contributed by atoms with E-state index in [1.807, 2.05) is 0 Å². The zero-order valence-electron chi connectivity index (χ0n) is 16.4. The van der Waals surface area contributed by atoms with Gasteiger partial charge in [-0.25, -0.2) is 0 Å². The van der Waals surface area contributed by atoms with Gasteiger partial charge in [0.2, 0.25) is 11.8 Å². The van der Waals surface area contributed by atoms with Crippen molar-refractivity contribution in [3.63, 3.8) is 0 Å². The summed E-state index contributed by atoms with van der Waals surface area (Å²) in [6.07, 6.45) is 3.90. The number of methoxy groups -OCH3 is 2. The maximum absolute atomic E-state index is 11.9. The van der Waals surface area contributed by atoms with E-state index in [1.54, 1.807) is 18.2 Å². The highest BCUT2D eigenvalue weighted by Crippen LogP contribution is 2.31. The minimum Gasteiger partial charge on any atom is -0.497 e. The maximum atomic E-state index is 11.9. The molecule has 0 radical (unpaired) electrons. The molecule has 7 N–H and O–H groups in total. The van der Waals surface area contributed by atoms with Crippen LogP contribution in [0.5, 0.6) is 17.4 Å². The Balaban J connectivity index is 1.95. The first-order chi connectivity index (χ1) is 13.9. The lowest BCUT2D eigenvalue weighted by Crippen LogP contribution is -2.43. The second kappa shape index (κ2) is 8.82. The van der Waals surface area contributed by atoms with E-state index < -0.39 is 11.8 Å². The molecule has 156 valence electrons. The van der Waals surface area contributed by atoms with Gasteiger partial charge in [0.25, 0.3) is 5.91 Å². The summed E-state index contributed by atoms with van der Waals surface area (Å²) in [5, 5.41) is 16.5. The second-order valence-corrected chi connectivity index (χ2v) is 6.88. The van der Waals surface area contributed by atoms with Crippen LogP contribution in [0.3, 0.4) is 0 Å². The Hall–Kier alpha value is -3.27. The van der Waals surface area contributed by atoms with Crippen LogP contribution in [0.25, 0.3) is 0 Å². The van der Waals surface area contributed by atoms with Crippen molar-refractivity contribution >= 4 is 23.4 Å². The molecular formula is C19H26N6O4. The van der Waals surface area contributed by atoms with Crippen LogP contribution in [0.15, 0.2) is 18.2 Å². The summed E-state index contributed by atoms with van der Waals surface area (Å²) in [5.74, 6) is -0.0773. The van der Waals surface area contributed by atoms with E-state index in [0.717, 1.165) is 25.7 Å². The summed E-state index contributed by atoms with van der Waals surface area (Å²) in [7, 11) is 3.05. The minimum atomic E-state index is -0.860. The van der Waals surface area contributed by atoms with Gasteiger partial charge in [0.15, 0.2) is 5.82 Å². The van der Waals surface area contributed by atoms with E-state index in [-0.39, 0.29) is 29.4 Å². The molecule has 3 rings (SSSR count). The summed E-state index contributed by atoms with van der Waals surface area (Å²) in [5.41, 5.74) is 11.9. The number of primary amides is 1. The van der Waals surface area contributed by atoms with Crippen LogP contribution in [0.4, 0.5) is 17.5 Å². The number of nitrogens with zero attached hydrogens (tertiary/aromatic N) is 2. The molecule has 0 bridgehead atoms. The summed E-state index contributed by atoms with van der Waals surface area (Å²) < 4.78 is 10.5. The SMILES string of the molecule is COc1cc(Nc2nc(NC3CCCCC3N)nc(O)c2C(N)=O)cc(OC)c1. The summed E-state index contributed by atoms with van der Waals surface area (Å²) in [6.45, 7) is 0. The first-order valence-electron chi connectivity index (χ1n) is 9.34. The van der Waals surface area contributed by atoms with Crippen LogP contribution >= 0.6 is 0 Å². The number of rotatable bonds is 7. The number of nitrogens with one attached hydrogen (secondary N) is 2. The number of amides is 1. The minimum absolute atomic E-state index is 0.0210. The number of aromatic hydroxyl groups is 1. The molecule has 29 heavy (non-hydrogen) atoms. The molecule has 1 aromatic carbocycles. The molecule has 1 aromatic heterocycles. The van der Waals surface area contributed by atoms with E-state index in [1.165, 1.54) is 14.2 Å². The van der Waals surface area contributed by atoms with E-state index in [9.17, 15) is 9.90 Å². The average molecular weight is 402 g/mol. The van der Waals surface area contributed by atoms with Crippen molar-refractivity contribution in [1.82, 2.24) is 9.97 Å². The van der Waals surface area contributed by atoms with Gasteiger partial charge in [-0.05, 0) is 12.8 Å². The average Bonchev–Trinajstić information content (AvgIpc) is 2.68. The van der Waals surface area contributed by atoms with Crippen molar-refractivity contribution in [3.8, 4) is 17.4 Å². The van der Waals surface area contributed by atoms with Gasteiger partial charge >= 0.3 is 0 Å². The van der Waals surface area contributed by atoms with E-state index in [0.29, 0.717) is 17.2 Å². The molecule has 10 nitrogen and oxygen atoms in total. The Bertz CT molecular complexity index is 869. The number of aromatic nitrogens is 2. The zero-order chi connectivity index (χ0) is 21.0. The predicted molar refractivity (Wildman–Crippen MR) is 109 cm³/mol. The summed E-state index contributed by atoms with van der Waals surface area (Å²) >= 11 is 0. The third-order valence-electron chi connectivity index (χ3n) is 4.88. The molecule has 1 aliphatic rings. The second-order valence-electron chi connectivity index (χ2n) is 6.88. The molecule has 10 heteroatoms. The van der Waals surface area contributed by atoms with Gasteiger partial charge in [0.05, 0.1) is 14.2 Å². The first-order valence-corrected chi connectivity index (χ1v) is 9.34. The molecule has 2 aromatic rings. The maximum Gasteiger partial charge on any atom is 0.258 e. The lowest BCUT2D eigenvalue weighted by Gasteiger charge is -2.29. The molecule has 0 aliphatic heterocycles. The van der Waals surface area contributed by atoms with Gasteiger partial charge in [0, 0.05) is 36.0 Å². The number of benzene rings is 1. The van der Waals surface area contributed by atoms with Crippen molar-refractivity contribution in [3.05, 3.63) is 23.8 Å². The third kappa shape index (κ3) is 4.77. The Kier molecular flexibility index (Phi) is 6.23. The Morgan fingerprint density at radius 2 is 1.79 bits per heavy atom. The molecule has 0 saturated heterocycles. The van der Waals surface area contributed by atoms with E-state index in [2.05, 4.69) is 20.6 Å². The van der Waals surface area contributed by atoms with E-state index in [4.69, 9.17) is 20.9 Å². The number of carbonyl (C=O) groups excluding carboxylic acids is 1. The first kappa shape index (κ1) is 20.5. The van der Waals surface area contributed by atoms with Crippen molar-refractivity contribution in [2.24, 2.45) is 11.5 Å². The molecule has 2 unspecified atom stereocenters. The monoisotopic (exact) mass is 402 g/mol. The van der Waals surface area contributed by atoms with Gasteiger partial charge < -0.3 is 36.7 Å². The zero-order valence-corrected chi connectivity index (χ0v) is 16.4. The Labute approximate surface area is 168 Å². The molecule has 2 atom stereocenters. The third-order valence-corrected chi connectivity index (χ3v) is 4.88. The number of nitrogens with two attached hydrogens (primary N) is 2. The van der Waals surface area contributed by atoms with E-state index >= 15 is 0 Å². The molecule has 1 heterocycles. The Morgan fingerprint density at radius 1 is 1.14 bits per heavy atom. The van der Waals surface area contributed by atoms with Gasteiger partial charge in [-0.3, -0.25) is 4.79 Å². The standard InChI is InChI=1S/C19H26N6O4/c1-28-11-7-10(8-12(9-11)29-2)22-17-15(16(21)26)18(27)25-19(24-17)23-14-6-4-3-5-13(14)20/h7-9,13-14H,3-6,20H2,1-2H3,(H2,21,26)(H3,22,23,24,25,27). The van der Waals surface area contributed by atoms with Crippen LogP contribution in [0.1, 0.15) is 36.0 Å². The highest BCUT2D eigenvalue weighted by atomic mass is 16.5. The predicted octanol–water partition coefficient (Wildman–Crippen LogP) is 1.72. The number of carbonyl (C=O) groups is 1. The number of anilines is 3. The smallest absolute Gasteiger partial charge is 0.258 e. The Morgan fingerprint density at radius 3 is 2.38 bits per heavy atom. The lowest BCUT2D eigenvalue weighted by atomic mass is 9.91. The molecule has 1 saturated carbocycles. The molecule has 1 aliphatic carbocycles. The van der Waals surface area contributed by atoms with Crippen molar-refractivity contribution in [2.45, 2.75) is 37.8 Å². The summed E-state index contributed by atoms with van der Waals surface area (Å²) in [6, 6.07) is 5.03. The lowest BCUT2D eigenvalue weighted by molar-refractivity contribution is 0.0997. The fraction of sp³-hybridized carbons (Fsp3) is 0.421. The van der Waals surface area contributed by atoms with Crippen molar-refractivity contribution < 1.29 is 19.4 Å². The number of hydrogen-bond donors (Lipinski definition) is 5.